The van der Waals surface area contributed by atoms with Crippen molar-refractivity contribution >= 4 is 17.3 Å². The number of rotatable bonds is 8. The van der Waals surface area contributed by atoms with E-state index in [0.29, 0.717) is 24.5 Å². The number of aliphatic hydroxyl groups is 1. The van der Waals surface area contributed by atoms with Crippen molar-refractivity contribution in [3.8, 4) is 11.1 Å². The van der Waals surface area contributed by atoms with Crippen molar-refractivity contribution in [1.29, 1.82) is 0 Å². The van der Waals surface area contributed by atoms with Crippen LogP contribution in [-0.4, -0.2) is 69.8 Å². The van der Waals surface area contributed by atoms with Crippen LogP contribution in [0.2, 0.25) is 0 Å². The van der Waals surface area contributed by atoms with Crippen molar-refractivity contribution < 1.29 is 14.6 Å². The minimum atomic E-state index is -0.197. The van der Waals surface area contributed by atoms with Crippen molar-refractivity contribution in [1.82, 2.24) is 19.6 Å². The minimum absolute atomic E-state index is 0.0970. The number of aromatic nitrogens is 4. The average Bonchev–Trinajstić information content (AvgIpc) is 3.24. The predicted molar refractivity (Wildman–Crippen MR) is 136 cm³/mol. The molecule has 4 heterocycles. The molecule has 1 aliphatic heterocycles. The molecule has 1 aliphatic carbocycles. The predicted octanol–water partition coefficient (Wildman–Crippen LogP) is 3.85. The van der Waals surface area contributed by atoms with Gasteiger partial charge in [0.2, 0.25) is 5.95 Å². The molecule has 1 saturated heterocycles. The van der Waals surface area contributed by atoms with E-state index in [9.17, 15) is 5.11 Å². The summed E-state index contributed by atoms with van der Waals surface area (Å²) in [5, 5.41) is 21.9. The van der Waals surface area contributed by atoms with Gasteiger partial charge in [0.1, 0.15) is 5.82 Å². The lowest BCUT2D eigenvalue weighted by molar-refractivity contribution is 0.0904. The van der Waals surface area contributed by atoms with E-state index < -0.39 is 0 Å². The van der Waals surface area contributed by atoms with Crippen LogP contribution in [0.1, 0.15) is 57.1 Å². The van der Waals surface area contributed by atoms with Crippen molar-refractivity contribution in [3.63, 3.8) is 0 Å². The zero-order chi connectivity index (χ0) is 24.2. The third kappa shape index (κ3) is 5.58. The Morgan fingerprint density at radius 2 is 1.94 bits per heavy atom. The second-order valence-electron chi connectivity index (χ2n) is 9.83. The number of aliphatic hydroxyl groups excluding tert-OH is 1. The van der Waals surface area contributed by atoms with E-state index >= 15 is 0 Å². The summed E-state index contributed by atoms with van der Waals surface area (Å²) in [5.41, 5.74) is 4.33. The van der Waals surface area contributed by atoms with Gasteiger partial charge in [0.05, 0.1) is 24.4 Å². The molecule has 0 amide bonds. The normalized spacial score (nSPS) is 22.3. The largest absolute Gasteiger partial charge is 0.393 e. The topological polar surface area (TPSA) is 106 Å². The summed E-state index contributed by atoms with van der Waals surface area (Å²) in [6, 6.07) is 6.90. The van der Waals surface area contributed by atoms with Crippen LogP contribution in [-0.2, 0) is 9.47 Å². The van der Waals surface area contributed by atoms with E-state index in [1.807, 2.05) is 29.9 Å². The van der Waals surface area contributed by atoms with E-state index in [2.05, 4.69) is 32.7 Å². The molecule has 2 aliphatic rings. The first-order chi connectivity index (χ1) is 17.1. The summed E-state index contributed by atoms with van der Waals surface area (Å²) in [6.45, 7) is 4.20. The van der Waals surface area contributed by atoms with E-state index in [0.717, 1.165) is 74.2 Å². The van der Waals surface area contributed by atoms with Gasteiger partial charge in [-0.05, 0) is 69.2 Å². The standard InChI is InChI=1S/C26H36N6O3/c1-17(16-34-2)29-26-28-15-24-22(14-23(32(24)31-26)18-3-5-21(33)6-4-18)19-7-10-27-25(13-19)30-20-8-11-35-12-9-20/h7,10,13-15,17-18,20-21,33H,3-6,8-9,11-12,16H2,1-2H3,(H,27,30)(H,29,31)/t17-,18?,21?/m0/s1. The highest BCUT2D eigenvalue weighted by molar-refractivity contribution is 5.82. The molecule has 0 unspecified atom stereocenters. The van der Waals surface area contributed by atoms with Crippen LogP contribution in [0, 0.1) is 0 Å². The summed E-state index contributed by atoms with van der Waals surface area (Å²) in [4.78, 5) is 9.19. The first-order valence-corrected chi connectivity index (χ1v) is 12.7. The Morgan fingerprint density at radius 1 is 1.14 bits per heavy atom. The third-order valence-corrected chi connectivity index (χ3v) is 7.10. The molecule has 5 rings (SSSR count). The highest BCUT2D eigenvalue weighted by atomic mass is 16.5. The van der Waals surface area contributed by atoms with Gasteiger partial charge in [0, 0.05) is 55.8 Å². The van der Waals surface area contributed by atoms with Gasteiger partial charge in [-0.15, -0.1) is 5.10 Å². The molecule has 3 aromatic heterocycles. The maximum absolute atomic E-state index is 10.1. The monoisotopic (exact) mass is 480 g/mol. The van der Waals surface area contributed by atoms with E-state index in [-0.39, 0.29) is 12.1 Å². The third-order valence-electron chi connectivity index (χ3n) is 7.10. The Morgan fingerprint density at radius 3 is 2.71 bits per heavy atom. The molecule has 188 valence electrons. The van der Waals surface area contributed by atoms with Crippen LogP contribution in [0.25, 0.3) is 16.6 Å². The van der Waals surface area contributed by atoms with Crippen LogP contribution >= 0.6 is 0 Å². The smallest absolute Gasteiger partial charge is 0.241 e. The number of fused-ring (bicyclic) bond motifs is 1. The molecule has 3 N–H and O–H groups in total. The zero-order valence-corrected chi connectivity index (χ0v) is 20.6. The van der Waals surface area contributed by atoms with Gasteiger partial charge < -0.3 is 25.2 Å². The van der Waals surface area contributed by atoms with E-state index in [4.69, 9.17) is 14.6 Å². The maximum Gasteiger partial charge on any atom is 0.241 e. The molecule has 1 saturated carbocycles. The Bertz CT molecular complexity index is 1120. The van der Waals surface area contributed by atoms with Crippen molar-refractivity contribution in [2.75, 3.05) is 37.6 Å². The van der Waals surface area contributed by atoms with Crippen molar-refractivity contribution in [3.05, 3.63) is 36.3 Å². The van der Waals surface area contributed by atoms with Crippen LogP contribution in [0.15, 0.2) is 30.6 Å². The molecular weight excluding hydrogens is 444 g/mol. The number of hydrogen-bond donors (Lipinski definition) is 3. The molecule has 0 radical (unpaired) electrons. The molecule has 1 atom stereocenters. The van der Waals surface area contributed by atoms with Crippen LogP contribution < -0.4 is 10.6 Å². The number of anilines is 2. The zero-order valence-electron chi connectivity index (χ0n) is 20.6. The quantitative estimate of drug-likeness (QED) is 0.447. The number of methoxy groups -OCH3 is 1. The summed E-state index contributed by atoms with van der Waals surface area (Å²) >= 11 is 0. The fourth-order valence-corrected chi connectivity index (χ4v) is 5.21. The summed E-state index contributed by atoms with van der Waals surface area (Å²) in [7, 11) is 1.69. The Balaban J connectivity index is 1.49. The number of ether oxygens (including phenoxy) is 2. The lowest BCUT2D eigenvalue weighted by Crippen LogP contribution is -2.28. The number of hydrogen-bond acceptors (Lipinski definition) is 8. The second-order valence-corrected chi connectivity index (χ2v) is 9.83. The maximum atomic E-state index is 10.1. The number of nitrogens with zero attached hydrogens (tertiary/aromatic N) is 4. The number of nitrogens with one attached hydrogen (secondary N) is 2. The molecule has 0 bridgehead atoms. The van der Waals surface area contributed by atoms with Gasteiger partial charge in [0.25, 0.3) is 0 Å². The highest BCUT2D eigenvalue weighted by Crippen LogP contribution is 2.38. The summed E-state index contributed by atoms with van der Waals surface area (Å²) < 4.78 is 12.8. The fraction of sp³-hybridized carbons (Fsp3) is 0.577. The molecule has 0 aromatic carbocycles. The SMILES string of the molecule is COC[C@H](C)Nc1ncc2c(-c3ccnc(NC4CCOCC4)c3)cc(C3CCC(O)CC3)n2n1. The average molecular weight is 481 g/mol. The Labute approximate surface area is 206 Å². The van der Waals surface area contributed by atoms with Gasteiger partial charge in [-0.1, -0.05) is 0 Å². The first-order valence-electron chi connectivity index (χ1n) is 12.7. The molecule has 9 nitrogen and oxygen atoms in total. The molecule has 35 heavy (non-hydrogen) atoms. The van der Waals surface area contributed by atoms with Gasteiger partial charge in [-0.2, -0.15) is 0 Å². The van der Waals surface area contributed by atoms with Crippen LogP contribution in [0.3, 0.4) is 0 Å². The molecule has 9 heteroatoms. The van der Waals surface area contributed by atoms with Gasteiger partial charge in [-0.3, -0.25) is 0 Å². The molecular formula is C26H36N6O3. The lowest BCUT2D eigenvalue weighted by Gasteiger charge is -2.25. The first kappa shape index (κ1) is 24.0. The molecule has 2 fully saturated rings. The van der Waals surface area contributed by atoms with E-state index in [1.165, 1.54) is 5.69 Å². The van der Waals surface area contributed by atoms with Crippen LogP contribution in [0.5, 0.6) is 0 Å². The van der Waals surface area contributed by atoms with Gasteiger partial charge in [0.15, 0.2) is 0 Å². The van der Waals surface area contributed by atoms with Crippen molar-refractivity contribution in [2.45, 2.75) is 69.6 Å². The lowest BCUT2D eigenvalue weighted by atomic mass is 9.85. The Hall–Kier alpha value is -2.75. The minimum Gasteiger partial charge on any atom is -0.393 e. The second kappa shape index (κ2) is 10.9. The number of pyridine rings is 1. The molecule has 3 aromatic rings. The van der Waals surface area contributed by atoms with Gasteiger partial charge >= 0.3 is 0 Å². The fourth-order valence-electron chi connectivity index (χ4n) is 5.21. The summed E-state index contributed by atoms with van der Waals surface area (Å²) in [5.74, 6) is 1.81. The van der Waals surface area contributed by atoms with E-state index in [1.54, 1.807) is 7.11 Å². The van der Waals surface area contributed by atoms with Crippen molar-refractivity contribution in [2.24, 2.45) is 0 Å². The van der Waals surface area contributed by atoms with Crippen LogP contribution in [0.4, 0.5) is 11.8 Å². The summed E-state index contributed by atoms with van der Waals surface area (Å²) in [6.07, 6.45) is 9.09. The van der Waals surface area contributed by atoms with Gasteiger partial charge in [-0.25, -0.2) is 14.5 Å². The highest BCUT2D eigenvalue weighted by Gasteiger charge is 2.26. The molecule has 0 spiro atoms. The Kier molecular flexibility index (Phi) is 7.46.